The molecule has 0 saturated carbocycles. The molecule has 0 spiro atoms. The summed E-state index contributed by atoms with van der Waals surface area (Å²) in [6, 6.07) is 0.125. The van der Waals surface area contributed by atoms with Crippen molar-refractivity contribution in [1.82, 2.24) is 15.3 Å². The Kier molecular flexibility index (Phi) is 7.19. The molecule has 0 bridgehead atoms. The number of nitrogens with one attached hydrogen (secondary N) is 1. The van der Waals surface area contributed by atoms with Gasteiger partial charge in [-0.1, -0.05) is 25.6 Å². The first-order chi connectivity index (χ1) is 12.0. The Morgan fingerprint density at radius 1 is 1.28 bits per heavy atom. The maximum absolute atomic E-state index is 11.9. The molecule has 1 N–H and O–H groups in total. The number of carbonyl (C=O) groups excluding carboxylic acids is 2. The minimum Gasteiger partial charge on any atom is -0.455 e. The van der Waals surface area contributed by atoms with Crippen molar-refractivity contribution in [3.8, 4) is 0 Å². The molecular formula is C17H23N3O3S2. The fourth-order valence-corrected chi connectivity index (χ4v) is 4.25. The van der Waals surface area contributed by atoms with E-state index in [1.165, 1.54) is 23.0 Å². The van der Waals surface area contributed by atoms with Gasteiger partial charge in [0.2, 0.25) is 0 Å². The lowest BCUT2D eigenvalue weighted by atomic mass is 10.2. The van der Waals surface area contributed by atoms with E-state index in [9.17, 15) is 9.59 Å². The average Bonchev–Trinajstić information content (AvgIpc) is 2.90. The number of aryl methyl sites for hydroxylation is 2. The van der Waals surface area contributed by atoms with Gasteiger partial charge in [0.25, 0.3) is 5.91 Å². The van der Waals surface area contributed by atoms with E-state index in [-0.39, 0.29) is 24.3 Å². The van der Waals surface area contributed by atoms with Gasteiger partial charge in [-0.2, -0.15) is 0 Å². The van der Waals surface area contributed by atoms with Gasteiger partial charge in [-0.3, -0.25) is 9.59 Å². The van der Waals surface area contributed by atoms with Gasteiger partial charge in [-0.25, -0.2) is 9.97 Å². The van der Waals surface area contributed by atoms with E-state index in [1.807, 2.05) is 27.7 Å². The zero-order chi connectivity index (χ0) is 18.4. The van der Waals surface area contributed by atoms with Crippen LogP contribution in [0.25, 0.3) is 10.2 Å². The largest absolute Gasteiger partial charge is 0.455 e. The molecule has 0 saturated heterocycles. The molecule has 0 aliphatic heterocycles. The highest BCUT2D eigenvalue weighted by atomic mass is 32.2. The van der Waals surface area contributed by atoms with Crippen molar-refractivity contribution in [3.63, 3.8) is 0 Å². The number of hydrogen-bond acceptors (Lipinski definition) is 7. The molecule has 2 aromatic heterocycles. The van der Waals surface area contributed by atoms with E-state index in [1.54, 1.807) is 11.3 Å². The van der Waals surface area contributed by atoms with E-state index in [4.69, 9.17) is 4.74 Å². The van der Waals surface area contributed by atoms with Gasteiger partial charge in [-0.15, -0.1) is 11.3 Å². The minimum absolute atomic E-state index is 0.110. The fraction of sp³-hybridized carbons (Fsp3) is 0.529. The summed E-state index contributed by atoms with van der Waals surface area (Å²) < 4.78 is 5.05. The lowest BCUT2D eigenvalue weighted by molar-refractivity contribution is -0.146. The van der Waals surface area contributed by atoms with Gasteiger partial charge in [0.1, 0.15) is 16.2 Å². The van der Waals surface area contributed by atoms with E-state index in [0.717, 1.165) is 33.6 Å². The van der Waals surface area contributed by atoms with Crippen LogP contribution >= 0.6 is 23.1 Å². The topological polar surface area (TPSA) is 81.2 Å². The Hall–Kier alpha value is -1.67. The zero-order valence-electron chi connectivity index (χ0n) is 14.9. The minimum atomic E-state index is -0.430. The third-order valence-corrected chi connectivity index (χ3v) is 6.05. The van der Waals surface area contributed by atoms with Crippen molar-refractivity contribution in [1.29, 1.82) is 0 Å². The van der Waals surface area contributed by atoms with Crippen molar-refractivity contribution in [3.05, 3.63) is 16.8 Å². The van der Waals surface area contributed by atoms with E-state index >= 15 is 0 Å². The van der Waals surface area contributed by atoms with Crippen LogP contribution in [0.2, 0.25) is 0 Å². The second-order valence-electron chi connectivity index (χ2n) is 5.67. The molecule has 0 radical (unpaired) electrons. The molecule has 0 atom stereocenters. The summed E-state index contributed by atoms with van der Waals surface area (Å²) >= 11 is 2.93. The van der Waals surface area contributed by atoms with Gasteiger partial charge >= 0.3 is 5.97 Å². The predicted molar refractivity (Wildman–Crippen MR) is 101 cm³/mol. The summed E-state index contributed by atoms with van der Waals surface area (Å²) in [4.78, 5) is 34.3. The Bertz CT molecular complexity index is 757. The summed E-state index contributed by atoms with van der Waals surface area (Å²) in [6.07, 6.45) is 3.22. The molecule has 2 rings (SSSR count). The molecule has 136 valence electrons. The molecule has 2 heterocycles. The van der Waals surface area contributed by atoms with Gasteiger partial charge < -0.3 is 10.1 Å². The average molecular weight is 382 g/mol. The van der Waals surface area contributed by atoms with Crippen molar-refractivity contribution in [2.45, 2.75) is 51.6 Å². The number of ether oxygens (including phenoxy) is 1. The lowest BCUT2D eigenvalue weighted by Gasteiger charge is -2.14. The molecule has 2 aromatic rings. The van der Waals surface area contributed by atoms with Crippen molar-refractivity contribution < 1.29 is 14.3 Å². The maximum atomic E-state index is 11.9. The van der Waals surface area contributed by atoms with Crippen molar-refractivity contribution in [2.24, 2.45) is 0 Å². The zero-order valence-corrected chi connectivity index (χ0v) is 16.6. The molecular weight excluding hydrogens is 358 g/mol. The van der Waals surface area contributed by atoms with E-state index < -0.39 is 5.97 Å². The Balaban J connectivity index is 1.87. The monoisotopic (exact) mass is 381 g/mol. The summed E-state index contributed by atoms with van der Waals surface area (Å²) in [6.45, 7) is 7.85. The summed E-state index contributed by atoms with van der Waals surface area (Å²) in [5, 5.41) is 4.60. The van der Waals surface area contributed by atoms with Gasteiger partial charge in [0.05, 0.1) is 5.75 Å². The Labute approximate surface area is 155 Å². The number of amides is 1. The van der Waals surface area contributed by atoms with Crippen LogP contribution in [0.15, 0.2) is 11.4 Å². The summed E-state index contributed by atoms with van der Waals surface area (Å²) in [5.74, 6) is -0.583. The number of fused-ring (bicyclic) bond motifs is 1. The second-order valence-corrected chi connectivity index (χ2v) is 7.84. The fourth-order valence-electron chi connectivity index (χ4n) is 2.34. The predicted octanol–water partition coefficient (Wildman–Crippen LogP) is 3.25. The first-order valence-electron chi connectivity index (χ1n) is 8.24. The molecule has 0 aliphatic carbocycles. The number of carbonyl (C=O) groups is 2. The third-order valence-electron chi connectivity index (χ3n) is 3.97. The normalized spacial score (nSPS) is 11.1. The summed E-state index contributed by atoms with van der Waals surface area (Å²) in [5.41, 5.74) is 1.14. The van der Waals surface area contributed by atoms with Gasteiger partial charge in [0, 0.05) is 16.3 Å². The molecule has 6 nitrogen and oxygen atoms in total. The molecule has 0 aliphatic rings. The lowest BCUT2D eigenvalue weighted by Crippen LogP contribution is -2.37. The molecule has 8 heteroatoms. The van der Waals surface area contributed by atoms with Crippen LogP contribution < -0.4 is 5.32 Å². The van der Waals surface area contributed by atoms with Crippen molar-refractivity contribution >= 4 is 45.2 Å². The second kappa shape index (κ2) is 9.15. The van der Waals surface area contributed by atoms with Crippen LogP contribution in [-0.2, 0) is 14.3 Å². The van der Waals surface area contributed by atoms with Crippen LogP contribution in [0.3, 0.4) is 0 Å². The van der Waals surface area contributed by atoms with Gasteiger partial charge in [0.15, 0.2) is 6.61 Å². The van der Waals surface area contributed by atoms with E-state index in [2.05, 4.69) is 15.3 Å². The number of thiophene rings is 1. The summed E-state index contributed by atoms with van der Waals surface area (Å²) in [7, 11) is 0. The Morgan fingerprint density at radius 2 is 2.00 bits per heavy atom. The van der Waals surface area contributed by atoms with Crippen LogP contribution in [0, 0.1) is 13.8 Å². The van der Waals surface area contributed by atoms with Crippen LogP contribution in [0.4, 0.5) is 0 Å². The molecule has 0 aromatic carbocycles. The van der Waals surface area contributed by atoms with Gasteiger partial charge in [-0.05, 0) is 32.3 Å². The number of hydrogen-bond donors (Lipinski definition) is 1. The number of aromatic nitrogens is 2. The smallest absolute Gasteiger partial charge is 0.316 e. The van der Waals surface area contributed by atoms with Crippen molar-refractivity contribution in [2.75, 3.05) is 12.4 Å². The number of rotatable bonds is 8. The molecule has 0 fully saturated rings. The molecule has 25 heavy (non-hydrogen) atoms. The maximum Gasteiger partial charge on any atom is 0.316 e. The SMILES string of the molecule is CCC(CC)NC(=O)COC(=O)CSc1ncnc2sc(C)c(C)c12. The van der Waals surface area contributed by atoms with Crippen LogP contribution in [-0.4, -0.2) is 40.2 Å². The third kappa shape index (κ3) is 5.15. The van der Waals surface area contributed by atoms with E-state index in [0.29, 0.717) is 0 Å². The first kappa shape index (κ1) is 19.7. The van der Waals surface area contributed by atoms with Crippen LogP contribution in [0.5, 0.6) is 0 Å². The highest BCUT2D eigenvalue weighted by Crippen LogP contribution is 2.34. The highest BCUT2D eigenvalue weighted by Gasteiger charge is 2.15. The number of thioether (sulfide) groups is 1. The molecule has 0 unspecified atom stereocenters. The standard InChI is InChI=1S/C17H23N3O3S2/c1-5-12(6-2)20-13(21)7-23-14(22)8-24-16-15-10(3)11(4)25-17(15)19-9-18-16/h9,12H,5-8H2,1-4H3,(H,20,21). The Morgan fingerprint density at radius 3 is 2.68 bits per heavy atom. The quantitative estimate of drug-likeness (QED) is 0.429. The molecule has 1 amide bonds. The highest BCUT2D eigenvalue weighted by molar-refractivity contribution is 8.00. The van der Waals surface area contributed by atoms with Crippen LogP contribution in [0.1, 0.15) is 37.1 Å². The number of esters is 1. The first-order valence-corrected chi connectivity index (χ1v) is 10.0. The number of nitrogens with zero attached hydrogens (tertiary/aromatic N) is 2.